The molecule has 11 heavy (non-hydrogen) atoms. The topological polar surface area (TPSA) is 72.3 Å². The van der Waals surface area contributed by atoms with Crippen LogP contribution in [0.15, 0.2) is 18.2 Å². The Morgan fingerprint density at radius 2 is 2.00 bits per heavy atom. The van der Waals surface area contributed by atoms with Crippen LogP contribution >= 0.6 is 0 Å². The Balaban J connectivity index is 2.96. The Bertz CT molecular complexity index is 248. The van der Waals surface area contributed by atoms with E-state index in [1.54, 1.807) is 6.07 Å². The zero-order chi connectivity index (χ0) is 8.27. The molecule has 0 saturated carbocycles. The normalized spacial score (nSPS) is 9.91. The van der Waals surface area contributed by atoms with Gasteiger partial charge in [0.05, 0.1) is 11.4 Å². The van der Waals surface area contributed by atoms with E-state index < -0.39 is 0 Å². The van der Waals surface area contributed by atoms with E-state index in [4.69, 9.17) is 16.6 Å². The summed E-state index contributed by atoms with van der Waals surface area (Å²) in [5.41, 5.74) is 13.3. The molecule has 0 amide bonds. The van der Waals surface area contributed by atoms with Crippen LogP contribution in [0.4, 0.5) is 11.4 Å². The third-order valence-corrected chi connectivity index (χ3v) is 1.61. The molecule has 0 bridgehead atoms. The van der Waals surface area contributed by atoms with Crippen LogP contribution in [0, 0.1) is 0 Å². The van der Waals surface area contributed by atoms with Crippen LogP contribution in [0.3, 0.4) is 0 Å². The van der Waals surface area contributed by atoms with Crippen LogP contribution in [0.25, 0.3) is 0 Å². The molecular weight excluding hydrogens is 140 g/mol. The molecule has 0 atom stereocenters. The predicted octanol–water partition coefficient (Wildman–Crippen LogP) is 0.386. The third kappa shape index (κ3) is 1.62. The van der Waals surface area contributed by atoms with Gasteiger partial charge in [-0.2, -0.15) is 0 Å². The molecule has 0 fully saturated rings. The molecule has 5 N–H and O–H groups in total. The number of para-hydroxylation sites is 1. The van der Waals surface area contributed by atoms with Gasteiger partial charge in [-0.15, -0.1) is 0 Å². The lowest BCUT2D eigenvalue weighted by Crippen LogP contribution is -2.01. The van der Waals surface area contributed by atoms with Gasteiger partial charge in [0.1, 0.15) is 0 Å². The van der Waals surface area contributed by atoms with E-state index in [2.05, 4.69) is 0 Å². The highest BCUT2D eigenvalue weighted by molar-refractivity contribution is 5.67. The first-order chi connectivity index (χ1) is 5.25. The molecule has 3 nitrogen and oxygen atoms in total. The summed E-state index contributed by atoms with van der Waals surface area (Å²) in [5, 5.41) is 8.64. The minimum absolute atomic E-state index is 0.105. The minimum atomic E-state index is 0.105. The van der Waals surface area contributed by atoms with E-state index in [1.165, 1.54) is 0 Å². The highest BCUT2D eigenvalue weighted by Crippen LogP contribution is 2.19. The number of rotatable bonds is 2. The van der Waals surface area contributed by atoms with Gasteiger partial charge in [0, 0.05) is 6.61 Å². The van der Waals surface area contributed by atoms with Crippen molar-refractivity contribution >= 4 is 11.4 Å². The second-order valence-electron chi connectivity index (χ2n) is 2.39. The van der Waals surface area contributed by atoms with Gasteiger partial charge in [-0.3, -0.25) is 0 Å². The van der Waals surface area contributed by atoms with Gasteiger partial charge in [0.2, 0.25) is 0 Å². The van der Waals surface area contributed by atoms with E-state index in [9.17, 15) is 0 Å². The molecule has 0 aliphatic heterocycles. The molecule has 3 heteroatoms. The molecular formula is C8H12N2O. The molecule has 1 aromatic carbocycles. The van der Waals surface area contributed by atoms with Gasteiger partial charge >= 0.3 is 0 Å². The van der Waals surface area contributed by atoms with E-state index in [1.807, 2.05) is 12.1 Å². The summed E-state index contributed by atoms with van der Waals surface area (Å²) in [7, 11) is 0. The van der Waals surface area contributed by atoms with Crippen molar-refractivity contribution in [2.75, 3.05) is 18.1 Å². The van der Waals surface area contributed by atoms with Gasteiger partial charge in [-0.05, 0) is 18.1 Å². The number of benzene rings is 1. The van der Waals surface area contributed by atoms with Crippen LogP contribution in [0.1, 0.15) is 5.56 Å². The predicted molar refractivity (Wildman–Crippen MR) is 46.1 cm³/mol. The summed E-state index contributed by atoms with van der Waals surface area (Å²) in [6, 6.07) is 5.44. The zero-order valence-corrected chi connectivity index (χ0v) is 6.25. The highest BCUT2D eigenvalue weighted by Gasteiger charge is 1.99. The maximum absolute atomic E-state index is 8.64. The van der Waals surface area contributed by atoms with Gasteiger partial charge in [-0.1, -0.05) is 12.1 Å². The average molecular weight is 152 g/mol. The number of aliphatic hydroxyl groups is 1. The van der Waals surface area contributed by atoms with Crippen molar-refractivity contribution in [3.8, 4) is 0 Å². The Kier molecular flexibility index (Phi) is 2.33. The maximum Gasteiger partial charge on any atom is 0.0581 e. The van der Waals surface area contributed by atoms with E-state index in [-0.39, 0.29) is 6.61 Å². The molecule has 0 aromatic heterocycles. The third-order valence-electron chi connectivity index (χ3n) is 1.61. The Hall–Kier alpha value is -1.22. The lowest BCUT2D eigenvalue weighted by molar-refractivity contribution is 0.300. The summed E-state index contributed by atoms with van der Waals surface area (Å²) >= 11 is 0. The van der Waals surface area contributed by atoms with E-state index in [0.717, 1.165) is 5.56 Å². The summed E-state index contributed by atoms with van der Waals surface area (Å²) in [5.74, 6) is 0. The minimum Gasteiger partial charge on any atom is -0.397 e. The number of hydrogen-bond donors (Lipinski definition) is 3. The van der Waals surface area contributed by atoms with Crippen molar-refractivity contribution in [1.29, 1.82) is 0 Å². The first kappa shape index (κ1) is 7.88. The van der Waals surface area contributed by atoms with E-state index >= 15 is 0 Å². The number of aliphatic hydroxyl groups excluding tert-OH is 1. The second kappa shape index (κ2) is 3.25. The van der Waals surface area contributed by atoms with Crippen LogP contribution < -0.4 is 11.5 Å². The van der Waals surface area contributed by atoms with Crippen LogP contribution in [0.5, 0.6) is 0 Å². The Labute approximate surface area is 65.6 Å². The summed E-state index contributed by atoms with van der Waals surface area (Å²) in [4.78, 5) is 0. The van der Waals surface area contributed by atoms with E-state index in [0.29, 0.717) is 17.8 Å². The van der Waals surface area contributed by atoms with Crippen LogP contribution in [0.2, 0.25) is 0 Å². The molecule has 0 unspecified atom stereocenters. The zero-order valence-electron chi connectivity index (χ0n) is 6.25. The molecule has 1 aromatic rings. The van der Waals surface area contributed by atoms with Crippen molar-refractivity contribution in [3.63, 3.8) is 0 Å². The number of nitrogen functional groups attached to an aromatic ring is 2. The summed E-state index contributed by atoms with van der Waals surface area (Å²) in [6.45, 7) is 0.105. The average Bonchev–Trinajstić information content (AvgIpc) is 1.99. The Morgan fingerprint density at radius 1 is 1.27 bits per heavy atom. The fraction of sp³-hybridized carbons (Fsp3) is 0.250. The maximum atomic E-state index is 8.64. The molecule has 60 valence electrons. The monoisotopic (exact) mass is 152 g/mol. The van der Waals surface area contributed by atoms with Crippen molar-refractivity contribution < 1.29 is 5.11 Å². The summed E-state index contributed by atoms with van der Waals surface area (Å²) < 4.78 is 0. The first-order valence-corrected chi connectivity index (χ1v) is 3.49. The molecule has 0 aliphatic rings. The molecule has 0 spiro atoms. The number of nitrogens with two attached hydrogens (primary N) is 2. The number of anilines is 2. The van der Waals surface area contributed by atoms with Gasteiger partial charge in [0.25, 0.3) is 0 Å². The molecule has 0 saturated heterocycles. The lowest BCUT2D eigenvalue weighted by Gasteiger charge is -2.05. The largest absolute Gasteiger partial charge is 0.397 e. The van der Waals surface area contributed by atoms with Crippen molar-refractivity contribution in [3.05, 3.63) is 23.8 Å². The quantitative estimate of drug-likeness (QED) is 0.536. The van der Waals surface area contributed by atoms with Crippen molar-refractivity contribution in [2.45, 2.75) is 6.42 Å². The summed E-state index contributed by atoms with van der Waals surface area (Å²) in [6.07, 6.45) is 0.566. The van der Waals surface area contributed by atoms with Gasteiger partial charge in [-0.25, -0.2) is 0 Å². The SMILES string of the molecule is Nc1cccc(CCO)c1N. The fourth-order valence-corrected chi connectivity index (χ4v) is 0.971. The van der Waals surface area contributed by atoms with Gasteiger partial charge in [0.15, 0.2) is 0 Å². The van der Waals surface area contributed by atoms with Crippen LogP contribution in [-0.2, 0) is 6.42 Å². The molecule has 0 aliphatic carbocycles. The molecule has 0 radical (unpaired) electrons. The first-order valence-electron chi connectivity index (χ1n) is 3.49. The second-order valence-corrected chi connectivity index (χ2v) is 2.39. The smallest absolute Gasteiger partial charge is 0.0581 e. The highest BCUT2D eigenvalue weighted by atomic mass is 16.2. The molecule has 0 heterocycles. The standard InChI is InChI=1S/C8H12N2O/c9-7-3-1-2-6(4-5-11)8(7)10/h1-3,11H,4-5,9-10H2. The molecule has 1 rings (SSSR count). The fourth-order valence-electron chi connectivity index (χ4n) is 0.971. The van der Waals surface area contributed by atoms with Crippen molar-refractivity contribution in [2.24, 2.45) is 0 Å². The Morgan fingerprint density at radius 3 is 2.64 bits per heavy atom. The van der Waals surface area contributed by atoms with Gasteiger partial charge < -0.3 is 16.6 Å². The van der Waals surface area contributed by atoms with Crippen molar-refractivity contribution in [1.82, 2.24) is 0 Å². The van der Waals surface area contributed by atoms with Crippen LogP contribution in [-0.4, -0.2) is 11.7 Å². The lowest BCUT2D eigenvalue weighted by atomic mass is 10.1. The number of hydrogen-bond acceptors (Lipinski definition) is 3.